The minimum absolute atomic E-state index is 0.0473. The van der Waals surface area contributed by atoms with Crippen LogP contribution in [-0.2, 0) is 37.1 Å². The van der Waals surface area contributed by atoms with Crippen LogP contribution in [0.1, 0.15) is 75.2 Å². The maximum atomic E-state index is 6.39. The first-order valence-electron chi connectivity index (χ1n) is 14.2. The number of hydrogen-bond acceptors (Lipinski definition) is 6. The molecule has 1 aliphatic rings. The Morgan fingerprint density at radius 3 is 1.46 bits per heavy atom. The van der Waals surface area contributed by atoms with Crippen molar-refractivity contribution in [2.75, 3.05) is 26.2 Å². The highest BCUT2D eigenvalue weighted by molar-refractivity contribution is 5.41. The quantitative estimate of drug-likeness (QED) is 0.351. The van der Waals surface area contributed by atoms with Crippen LogP contribution in [-0.4, -0.2) is 31.2 Å². The third kappa shape index (κ3) is 8.53. The van der Waals surface area contributed by atoms with E-state index in [4.69, 9.17) is 14.5 Å². The number of nitrogens with one attached hydrogen (secondary N) is 3. The fourth-order valence-corrected chi connectivity index (χ4v) is 4.52. The number of pyridine rings is 1. The van der Waals surface area contributed by atoms with E-state index in [1.54, 1.807) is 0 Å². The molecule has 0 saturated heterocycles. The molecule has 0 unspecified atom stereocenters. The lowest BCUT2D eigenvalue weighted by atomic mass is 9.86. The van der Waals surface area contributed by atoms with E-state index >= 15 is 0 Å². The van der Waals surface area contributed by atoms with Crippen LogP contribution < -0.4 is 25.4 Å². The minimum atomic E-state index is 0.0473. The summed E-state index contributed by atoms with van der Waals surface area (Å²) in [5.41, 5.74) is 6.70. The molecule has 0 saturated carbocycles. The fourth-order valence-electron chi connectivity index (χ4n) is 4.52. The monoisotopic (exact) mass is 530 g/mol. The van der Waals surface area contributed by atoms with Gasteiger partial charge in [-0.2, -0.15) is 0 Å². The van der Waals surface area contributed by atoms with Crippen molar-refractivity contribution in [1.82, 2.24) is 20.9 Å². The number of aromatic nitrogens is 1. The van der Waals surface area contributed by atoms with E-state index < -0.39 is 0 Å². The van der Waals surface area contributed by atoms with Crippen LogP contribution >= 0.6 is 0 Å². The average molecular weight is 531 g/mol. The van der Waals surface area contributed by atoms with E-state index in [1.165, 1.54) is 11.1 Å². The number of benzene rings is 2. The molecule has 6 nitrogen and oxygen atoms in total. The van der Waals surface area contributed by atoms with E-state index in [2.05, 4.69) is 93.9 Å². The highest BCUT2D eigenvalue weighted by atomic mass is 16.5. The molecule has 39 heavy (non-hydrogen) atoms. The van der Waals surface area contributed by atoms with Gasteiger partial charge in [-0.15, -0.1) is 0 Å². The molecule has 0 radical (unpaired) electrons. The summed E-state index contributed by atoms with van der Waals surface area (Å²) in [5, 5.41) is 10.6. The molecule has 0 atom stereocenters. The highest BCUT2D eigenvalue weighted by Crippen LogP contribution is 2.30. The Balaban J connectivity index is 1.58. The van der Waals surface area contributed by atoms with E-state index in [9.17, 15) is 0 Å². The molecule has 2 aromatic carbocycles. The Morgan fingerprint density at radius 2 is 1.03 bits per heavy atom. The lowest BCUT2D eigenvalue weighted by Crippen LogP contribution is -2.32. The van der Waals surface area contributed by atoms with Crippen molar-refractivity contribution in [2.45, 2.75) is 78.7 Å². The maximum absolute atomic E-state index is 6.39. The zero-order valence-corrected chi connectivity index (χ0v) is 24.6. The molecular formula is C33H46N4O2. The summed E-state index contributed by atoms with van der Waals surface area (Å²) in [6, 6.07) is 19.2. The summed E-state index contributed by atoms with van der Waals surface area (Å²) >= 11 is 0. The van der Waals surface area contributed by atoms with E-state index in [0.717, 1.165) is 73.3 Å². The predicted octanol–water partition coefficient (Wildman–Crippen LogP) is 5.62. The number of rotatable bonds is 0. The summed E-state index contributed by atoms with van der Waals surface area (Å²) in [7, 11) is 0. The molecule has 3 aromatic rings. The number of hydrogen-bond donors (Lipinski definition) is 3. The molecule has 2 heterocycles. The van der Waals surface area contributed by atoms with Gasteiger partial charge in [0, 0.05) is 50.4 Å². The van der Waals surface area contributed by atoms with Crippen molar-refractivity contribution >= 4 is 0 Å². The van der Waals surface area contributed by atoms with Crippen LogP contribution in [0.25, 0.3) is 0 Å². The molecular weight excluding hydrogens is 484 g/mol. The molecule has 3 N–H and O–H groups in total. The number of ether oxygens (including phenoxy) is 2. The van der Waals surface area contributed by atoms with Gasteiger partial charge in [0.1, 0.15) is 24.7 Å². The largest absolute Gasteiger partial charge is 0.487 e. The lowest BCUT2D eigenvalue weighted by Gasteiger charge is -2.22. The number of fused-ring (bicyclic) bond motifs is 4. The molecule has 6 heteroatoms. The first-order valence-corrected chi connectivity index (χ1v) is 14.2. The first kappa shape index (κ1) is 29.1. The van der Waals surface area contributed by atoms with Crippen LogP contribution in [0.5, 0.6) is 11.5 Å². The van der Waals surface area contributed by atoms with Gasteiger partial charge in [0.05, 0.1) is 11.4 Å². The Kier molecular flexibility index (Phi) is 9.65. The van der Waals surface area contributed by atoms with Gasteiger partial charge >= 0.3 is 0 Å². The van der Waals surface area contributed by atoms with Crippen molar-refractivity contribution in [3.63, 3.8) is 0 Å². The van der Waals surface area contributed by atoms with Crippen LogP contribution in [0, 0.1) is 0 Å². The fraction of sp³-hybridized carbons (Fsp3) is 0.485. The second-order valence-electron chi connectivity index (χ2n) is 12.4. The third-order valence-electron chi connectivity index (χ3n) is 7.07. The van der Waals surface area contributed by atoms with Gasteiger partial charge in [0.2, 0.25) is 0 Å². The molecule has 1 aliphatic heterocycles. The van der Waals surface area contributed by atoms with Crippen LogP contribution in [0.4, 0.5) is 0 Å². The summed E-state index contributed by atoms with van der Waals surface area (Å²) in [6.45, 7) is 19.3. The van der Waals surface area contributed by atoms with Crippen LogP contribution in [0.15, 0.2) is 54.6 Å². The topological polar surface area (TPSA) is 67.4 Å². The average Bonchev–Trinajstić information content (AvgIpc) is 2.89. The Morgan fingerprint density at radius 1 is 0.590 bits per heavy atom. The Hall–Kier alpha value is -2.93. The highest BCUT2D eigenvalue weighted by Gasteiger charge is 2.18. The second-order valence-corrected chi connectivity index (χ2v) is 12.4. The number of nitrogens with zero attached hydrogens (tertiary/aromatic N) is 1. The van der Waals surface area contributed by atoms with Crippen molar-refractivity contribution < 1.29 is 9.47 Å². The molecule has 2 bridgehead atoms. The van der Waals surface area contributed by atoms with E-state index in [1.807, 2.05) is 18.2 Å². The van der Waals surface area contributed by atoms with Crippen LogP contribution in [0.3, 0.4) is 0 Å². The molecule has 4 rings (SSSR count). The van der Waals surface area contributed by atoms with Gasteiger partial charge in [-0.05, 0) is 46.2 Å². The molecule has 0 amide bonds. The van der Waals surface area contributed by atoms with Crippen molar-refractivity contribution in [2.24, 2.45) is 0 Å². The van der Waals surface area contributed by atoms with Gasteiger partial charge in [-0.3, -0.25) is 4.98 Å². The van der Waals surface area contributed by atoms with E-state index in [0.29, 0.717) is 13.2 Å². The van der Waals surface area contributed by atoms with E-state index in [-0.39, 0.29) is 10.8 Å². The Bertz CT molecular complexity index is 1140. The summed E-state index contributed by atoms with van der Waals surface area (Å²) in [4.78, 5) is 4.86. The normalized spacial score (nSPS) is 16.3. The van der Waals surface area contributed by atoms with Gasteiger partial charge in [-0.25, -0.2) is 0 Å². The zero-order valence-electron chi connectivity index (χ0n) is 24.6. The molecule has 0 fully saturated rings. The lowest BCUT2D eigenvalue weighted by molar-refractivity contribution is 0.285. The minimum Gasteiger partial charge on any atom is -0.487 e. The molecule has 0 aliphatic carbocycles. The third-order valence-corrected chi connectivity index (χ3v) is 7.07. The Labute approximate surface area is 234 Å². The predicted molar refractivity (Wildman–Crippen MR) is 159 cm³/mol. The van der Waals surface area contributed by atoms with Crippen molar-refractivity contribution in [3.05, 3.63) is 88.2 Å². The standard InChI is InChI=1S/C33H46N4O2/c1-32(2,3)26-12-10-24-20-35-16-14-34-15-17-36-21-25-11-13-27(33(4,5)6)19-31(25)39-23-29-9-7-8-28(37-29)22-38-30(24)18-26/h7-13,18-19,34-36H,14-17,20-23H2,1-6H3. The van der Waals surface area contributed by atoms with Crippen molar-refractivity contribution in [1.29, 1.82) is 0 Å². The summed E-state index contributed by atoms with van der Waals surface area (Å²) in [5.74, 6) is 1.82. The second kappa shape index (κ2) is 12.9. The first-order chi connectivity index (χ1) is 18.6. The maximum Gasteiger partial charge on any atom is 0.130 e. The smallest absolute Gasteiger partial charge is 0.130 e. The zero-order chi connectivity index (χ0) is 27.9. The van der Waals surface area contributed by atoms with Crippen molar-refractivity contribution in [3.8, 4) is 11.5 Å². The molecule has 210 valence electrons. The molecule has 1 aromatic heterocycles. The van der Waals surface area contributed by atoms with Gasteiger partial charge in [0.15, 0.2) is 0 Å². The van der Waals surface area contributed by atoms with Gasteiger partial charge < -0.3 is 25.4 Å². The van der Waals surface area contributed by atoms with Gasteiger partial charge in [0.25, 0.3) is 0 Å². The molecule has 0 spiro atoms. The SMILES string of the molecule is CC(C)(C)c1ccc2c(c1)OCc1cccc(n1)COc1cc(C(C)(C)C)ccc1CNCCNCCNC2. The summed E-state index contributed by atoms with van der Waals surface area (Å²) in [6.07, 6.45) is 0. The van der Waals surface area contributed by atoms with Gasteiger partial charge in [-0.1, -0.05) is 71.9 Å². The summed E-state index contributed by atoms with van der Waals surface area (Å²) < 4.78 is 12.8. The van der Waals surface area contributed by atoms with Crippen LogP contribution in [0.2, 0.25) is 0 Å².